The fourth-order valence-corrected chi connectivity index (χ4v) is 4.21. The smallest absolute Gasteiger partial charge is 0.261 e. The van der Waals surface area contributed by atoms with Crippen molar-refractivity contribution >= 4 is 21.8 Å². The Kier molecular flexibility index (Phi) is 6.11. The molecule has 1 atom stereocenters. The van der Waals surface area contributed by atoms with Crippen molar-refractivity contribution in [1.29, 1.82) is 0 Å². The lowest BCUT2D eigenvalue weighted by Gasteiger charge is -2.31. The van der Waals surface area contributed by atoms with E-state index in [9.17, 15) is 8.42 Å². The van der Waals surface area contributed by atoms with Gasteiger partial charge in [0.25, 0.3) is 10.0 Å². The van der Waals surface area contributed by atoms with Crippen LogP contribution in [0.2, 0.25) is 0 Å². The van der Waals surface area contributed by atoms with Crippen molar-refractivity contribution in [1.82, 2.24) is 0 Å². The molecular weight excluding hydrogens is 398 g/mol. The zero-order valence-corrected chi connectivity index (χ0v) is 18.8. The zero-order valence-electron chi connectivity index (χ0n) is 17.9. The number of nitrogens with one attached hydrogen (secondary N) is 1. The molecule has 0 bridgehead atoms. The first kappa shape index (κ1) is 22.1. The third-order valence-corrected chi connectivity index (χ3v) is 6.27. The van der Waals surface area contributed by atoms with Crippen LogP contribution >= 0.6 is 0 Å². The highest BCUT2D eigenvalue weighted by atomic mass is 32.2. The molecule has 3 rings (SSSR count). The average molecular weight is 428 g/mol. The number of rotatable bonds is 7. The van der Waals surface area contributed by atoms with Gasteiger partial charge in [0.05, 0.1) is 18.1 Å². The number of anilines is 1. The Morgan fingerprint density at radius 1 is 1.17 bits per heavy atom. The predicted molar refractivity (Wildman–Crippen MR) is 121 cm³/mol. The maximum Gasteiger partial charge on any atom is 0.261 e. The molecule has 0 aliphatic carbocycles. The van der Waals surface area contributed by atoms with E-state index in [0.717, 1.165) is 11.1 Å². The zero-order chi connectivity index (χ0) is 22.0. The van der Waals surface area contributed by atoms with Crippen molar-refractivity contribution in [3.05, 3.63) is 72.3 Å². The van der Waals surface area contributed by atoms with Crippen LogP contribution in [0.3, 0.4) is 0 Å². The average Bonchev–Trinajstić information content (AvgIpc) is 2.67. The van der Waals surface area contributed by atoms with Crippen molar-refractivity contribution in [2.75, 3.05) is 17.9 Å². The predicted octanol–water partition coefficient (Wildman–Crippen LogP) is 5.15. The van der Waals surface area contributed by atoms with Crippen LogP contribution in [-0.2, 0) is 20.2 Å². The lowest BCUT2D eigenvalue weighted by atomic mass is 9.87. The van der Waals surface area contributed by atoms with E-state index in [1.807, 2.05) is 31.2 Å². The minimum Gasteiger partial charge on any atom is -0.480 e. The monoisotopic (exact) mass is 427 g/mol. The van der Waals surface area contributed by atoms with Gasteiger partial charge in [-0.05, 0) is 54.3 Å². The molecule has 0 spiro atoms. The van der Waals surface area contributed by atoms with Crippen LogP contribution in [0, 0.1) is 0 Å². The second-order valence-electron chi connectivity index (χ2n) is 8.68. The van der Waals surface area contributed by atoms with Crippen LogP contribution in [0.15, 0.2) is 66.1 Å². The van der Waals surface area contributed by atoms with Gasteiger partial charge in [-0.3, -0.25) is 4.72 Å². The number of sulfonamides is 1. The molecule has 1 heterocycles. The topological polar surface area (TPSA) is 64.6 Å². The summed E-state index contributed by atoms with van der Waals surface area (Å²) < 4.78 is 39.8. The SMILES string of the molecule is C=CCOCC1(C)C=Cc2cc(NS(=O)(=O)c3ccc(C(C)(C)C)cc3)ccc2O1. The van der Waals surface area contributed by atoms with Crippen LogP contribution in [0.4, 0.5) is 5.69 Å². The van der Waals surface area contributed by atoms with Gasteiger partial charge in [0.15, 0.2) is 0 Å². The summed E-state index contributed by atoms with van der Waals surface area (Å²) in [6.07, 6.45) is 5.53. The highest BCUT2D eigenvalue weighted by Gasteiger charge is 2.28. The molecule has 0 aromatic heterocycles. The van der Waals surface area contributed by atoms with Crippen molar-refractivity contribution in [2.45, 2.75) is 43.6 Å². The summed E-state index contributed by atoms with van der Waals surface area (Å²) in [7, 11) is -3.68. The standard InChI is InChI=1S/C24H29NO4S/c1-6-15-28-17-24(5)14-13-18-16-20(9-12-22(18)29-24)25-30(26,27)21-10-7-19(8-11-21)23(2,3)4/h6-14,16,25H,1,15,17H2,2-5H3. The fraction of sp³-hybridized carbons (Fsp3) is 0.333. The first-order chi connectivity index (χ1) is 14.0. The van der Waals surface area contributed by atoms with Gasteiger partial charge in [0.2, 0.25) is 0 Å². The fourth-order valence-electron chi connectivity index (χ4n) is 3.16. The van der Waals surface area contributed by atoms with E-state index in [4.69, 9.17) is 9.47 Å². The van der Waals surface area contributed by atoms with Crippen LogP contribution in [0.5, 0.6) is 5.75 Å². The van der Waals surface area contributed by atoms with Gasteiger partial charge >= 0.3 is 0 Å². The van der Waals surface area contributed by atoms with Crippen molar-refractivity contribution in [3.63, 3.8) is 0 Å². The summed E-state index contributed by atoms with van der Waals surface area (Å²) in [5.74, 6) is 0.680. The van der Waals surface area contributed by atoms with Gasteiger partial charge in [0.1, 0.15) is 11.4 Å². The lowest BCUT2D eigenvalue weighted by Crippen LogP contribution is -2.37. The van der Waals surface area contributed by atoms with Crippen molar-refractivity contribution in [2.24, 2.45) is 0 Å². The Morgan fingerprint density at radius 2 is 1.87 bits per heavy atom. The molecule has 0 saturated carbocycles. The summed E-state index contributed by atoms with van der Waals surface area (Å²) >= 11 is 0. The Morgan fingerprint density at radius 3 is 2.50 bits per heavy atom. The van der Waals surface area contributed by atoms with E-state index in [1.165, 1.54) is 0 Å². The normalized spacial score (nSPS) is 18.4. The molecule has 0 saturated heterocycles. The van der Waals surface area contributed by atoms with E-state index >= 15 is 0 Å². The molecule has 1 N–H and O–H groups in total. The van der Waals surface area contributed by atoms with Gasteiger partial charge in [-0.25, -0.2) is 8.42 Å². The van der Waals surface area contributed by atoms with E-state index in [2.05, 4.69) is 32.1 Å². The van der Waals surface area contributed by atoms with Crippen LogP contribution in [0.25, 0.3) is 6.08 Å². The van der Waals surface area contributed by atoms with E-state index in [0.29, 0.717) is 24.7 Å². The van der Waals surface area contributed by atoms with E-state index < -0.39 is 15.6 Å². The van der Waals surface area contributed by atoms with E-state index in [-0.39, 0.29) is 10.3 Å². The molecule has 160 valence electrons. The quantitative estimate of drug-likeness (QED) is 0.490. The summed E-state index contributed by atoms with van der Waals surface area (Å²) in [4.78, 5) is 0.229. The molecular formula is C24H29NO4S. The van der Waals surface area contributed by atoms with Gasteiger partial charge < -0.3 is 9.47 Å². The van der Waals surface area contributed by atoms with Crippen molar-refractivity contribution < 1.29 is 17.9 Å². The maximum atomic E-state index is 12.8. The third kappa shape index (κ3) is 5.12. The minimum absolute atomic E-state index is 0.0359. The van der Waals surface area contributed by atoms with Crippen LogP contribution in [-0.4, -0.2) is 27.2 Å². The first-order valence-electron chi connectivity index (χ1n) is 9.87. The molecule has 1 unspecified atom stereocenters. The van der Waals surface area contributed by atoms with Crippen LogP contribution < -0.4 is 9.46 Å². The Bertz CT molecular complexity index is 1050. The largest absolute Gasteiger partial charge is 0.480 e. The molecule has 0 radical (unpaired) electrons. The molecule has 6 heteroatoms. The van der Waals surface area contributed by atoms with Crippen molar-refractivity contribution in [3.8, 4) is 5.75 Å². The molecule has 5 nitrogen and oxygen atoms in total. The number of fused-ring (bicyclic) bond motifs is 1. The Labute approximate surface area is 179 Å². The molecule has 0 amide bonds. The number of hydrogen-bond donors (Lipinski definition) is 1. The van der Waals surface area contributed by atoms with Crippen LogP contribution in [0.1, 0.15) is 38.8 Å². The summed E-state index contributed by atoms with van der Waals surface area (Å²) in [5.41, 5.74) is 1.75. The maximum absolute atomic E-state index is 12.8. The van der Waals surface area contributed by atoms with Gasteiger partial charge in [-0.15, -0.1) is 6.58 Å². The number of benzene rings is 2. The number of hydrogen-bond acceptors (Lipinski definition) is 4. The highest BCUT2D eigenvalue weighted by Crippen LogP contribution is 2.34. The van der Waals surface area contributed by atoms with E-state index in [1.54, 1.807) is 36.4 Å². The first-order valence-corrected chi connectivity index (χ1v) is 11.4. The second kappa shape index (κ2) is 8.28. The molecule has 30 heavy (non-hydrogen) atoms. The minimum atomic E-state index is -3.68. The molecule has 1 aliphatic rings. The molecule has 2 aromatic rings. The summed E-state index contributed by atoms with van der Waals surface area (Å²) in [5, 5.41) is 0. The molecule has 1 aliphatic heterocycles. The molecule has 0 fully saturated rings. The summed E-state index contributed by atoms with van der Waals surface area (Å²) in [6.45, 7) is 12.7. The third-order valence-electron chi connectivity index (χ3n) is 4.88. The Hall–Kier alpha value is -2.57. The Balaban J connectivity index is 1.76. The molecule has 2 aromatic carbocycles. The highest BCUT2D eigenvalue weighted by molar-refractivity contribution is 7.92. The number of ether oxygens (including phenoxy) is 2. The second-order valence-corrected chi connectivity index (χ2v) is 10.4. The lowest BCUT2D eigenvalue weighted by molar-refractivity contribution is 0.0246. The van der Waals surface area contributed by atoms with Gasteiger partial charge in [-0.1, -0.05) is 45.1 Å². The van der Waals surface area contributed by atoms with Gasteiger partial charge in [-0.2, -0.15) is 0 Å². The summed E-state index contributed by atoms with van der Waals surface area (Å²) in [6, 6.07) is 12.2. The van der Waals surface area contributed by atoms with Gasteiger partial charge in [0, 0.05) is 11.3 Å².